The summed E-state index contributed by atoms with van der Waals surface area (Å²) in [4.78, 5) is 36.4. The molecular weight excluding hydrogens is 588 g/mol. The van der Waals surface area contributed by atoms with Crippen molar-refractivity contribution >= 4 is 17.5 Å². The van der Waals surface area contributed by atoms with Gasteiger partial charge in [-0.25, -0.2) is 4.98 Å². The Morgan fingerprint density at radius 3 is 2.65 bits per heavy atom. The Balaban J connectivity index is 1.50. The number of anilines is 1. The molecule has 2 aromatic carbocycles. The summed E-state index contributed by atoms with van der Waals surface area (Å²) in [5.74, 6) is -0.173. The first-order valence-electron chi connectivity index (χ1n) is 15.2. The fourth-order valence-corrected chi connectivity index (χ4v) is 6.56. The number of fused-ring (bicyclic) bond motifs is 4. The molecule has 1 spiro atoms. The summed E-state index contributed by atoms with van der Waals surface area (Å²) in [5.41, 5.74) is 1.91. The molecule has 5 atom stereocenters. The fourth-order valence-electron chi connectivity index (χ4n) is 6.56. The molecule has 0 saturated carbocycles. The van der Waals surface area contributed by atoms with Crippen molar-refractivity contribution in [3.05, 3.63) is 82.8 Å². The lowest BCUT2D eigenvalue weighted by molar-refractivity contribution is -0.136. The van der Waals surface area contributed by atoms with Crippen molar-refractivity contribution in [3.8, 4) is 23.4 Å². The molecule has 0 fully saturated rings. The van der Waals surface area contributed by atoms with Gasteiger partial charge in [0.05, 0.1) is 0 Å². The van der Waals surface area contributed by atoms with Crippen LogP contribution in [0.15, 0.2) is 57.6 Å². The Kier molecular flexibility index (Phi) is 6.72. The van der Waals surface area contributed by atoms with E-state index in [1.807, 2.05) is 69.3 Å². The first-order valence-corrected chi connectivity index (χ1v) is 15.2. The average Bonchev–Trinajstić information content (AvgIpc) is 3.78. The molecule has 0 aliphatic carbocycles. The van der Waals surface area contributed by atoms with Crippen LogP contribution in [0.25, 0.3) is 11.6 Å². The third kappa shape index (κ3) is 4.45. The molecule has 0 radical (unpaired) electrons. The smallest absolute Gasteiger partial charge is 0.250 e. The zero-order valence-corrected chi connectivity index (χ0v) is 26.0. The number of nitrogens with one attached hydrogen (secondary N) is 3. The molecule has 7 rings (SSSR count). The number of aliphatic hydroxyl groups is 1. The van der Waals surface area contributed by atoms with Crippen LogP contribution in [0.3, 0.4) is 0 Å². The minimum Gasteiger partial charge on any atom is -0.469 e. The third-order valence-corrected chi connectivity index (χ3v) is 8.94. The molecule has 12 heteroatoms. The molecule has 4 aromatic rings. The molecule has 2 aromatic heterocycles. The molecule has 12 nitrogen and oxygen atoms in total. The second-order valence-corrected chi connectivity index (χ2v) is 13.5. The van der Waals surface area contributed by atoms with E-state index in [4.69, 9.17) is 18.6 Å². The minimum absolute atomic E-state index is 0.0793. The van der Waals surface area contributed by atoms with E-state index in [0.29, 0.717) is 11.5 Å². The second kappa shape index (κ2) is 10.5. The summed E-state index contributed by atoms with van der Waals surface area (Å²) < 4.78 is 19.1. The minimum atomic E-state index is -1.29. The summed E-state index contributed by atoms with van der Waals surface area (Å²) in [6, 6.07) is 13.7. The number of hydrogen-bond donors (Lipinski definition) is 4. The van der Waals surface area contributed by atoms with Crippen LogP contribution in [0.4, 0.5) is 5.69 Å². The van der Waals surface area contributed by atoms with Gasteiger partial charge in [-0.1, -0.05) is 65.0 Å². The maximum atomic E-state index is 14.0. The van der Waals surface area contributed by atoms with Crippen LogP contribution in [-0.2, 0) is 21.4 Å². The van der Waals surface area contributed by atoms with Crippen molar-refractivity contribution in [1.29, 1.82) is 5.26 Å². The van der Waals surface area contributed by atoms with Gasteiger partial charge in [0.1, 0.15) is 41.7 Å². The van der Waals surface area contributed by atoms with Gasteiger partial charge in [0, 0.05) is 17.7 Å². The largest absolute Gasteiger partial charge is 0.469 e. The highest BCUT2D eigenvalue weighted by Gasteiger charge is 2.61. The Morgan fingerprint density at radius 1 is 1.15 bits per heavy atom. The van der Waals surface area contributed by atoms with Crippen molar-refractivity contribution in [3.63, 3.8) is 0 Å². The number of nitriles is 1. The van der Waals surface area contributed by atoms with Crippen molar-refractivity contribution in [2.75, 3.05) is 5.32 Å². The van der Waals surface area contributed by atoms with Gasteiger partial charge in [-0.2, -0.15) is 10.2 Å². The highest BCUT2D eigenvalue weighted by molar-refractivity contribution is 5.90. The number of benzene rings is 2. The number of nitrogens with zero attached hydrogens (tertiary/aromatic N) is 3. The standard InChI is InChI=1S/C34H34N6O6/c1-16(2)25(41)29(43)37-22-13-17-10-11-23-20(12-17)34(19-8-6-7-9-21(19)38-32(34)45-23)27-24(30-36-18(14-35)15-44-30)39-31(46-27)26(33(3,4)5)40-28(22)42/h6-12,15-16,22,25-26,32,38,41H,13H2,1-5H3,(H,37,43)(H,40,42)/t22-,25-,26+,32-,34?/m0/s1. The summed E-state index contributed by atoms with van der Waals surface area (Å²) in [5, 5.41) is 29.4. The van der Waals surface area contributed by atoms with Crippen LogP contribution in [0.5, 0.6) is 5.75 Å². The van der Waals surface area contributed by atoms with E-state index < -0.39 is 47.1 Å². The predicted molar refractivity (Wildman–Crippen MR) is 164 cm³/mol. The van der Waals surface area contributed by atoms with Gasteiger partial charge < -0.3 is 34.6 Å². The van der Waals surface area contributed by atoms with Crippen LogP contribution in [-0.4, -0.2) is 45.3 Å². The fraction of sp³-hybridized carbons (Fsp3) is 0.382. The Labute approximate surface area is 265 Å². The lowest BCUT2D eigenvalue weighted by atomic mass is 9.72. The van der Waals surface area contributed by atoms with E-state index in [1.54, 1.807) is 13.8 Å². The summed E-state index contributed by atoms with van der Waals surface area (Å²) in [6.07, 6.45) is -0.520. The van der Waals surface area contributed by atoms with E-state index >= 15 is 0 Å². The zero-order chi connectivity index (χ0) is 32.5. The zero-order valence-electron chi connectivity index (χ0n) is 26.0. The van der Waals surface area contributed by atoms with Gasteiger partial charge in [0.15, 0.2) is 23.4 Å². The molecular formula is C34H34N6O6. The van der Waals surface area contributed by atoms with Gasteiger partial charge in [0.25, 0.3) is 0 Å². The van der Waals surface area contributed by atoms with Crippen LogP contribution >= 0.6 is 0 Å². The number of rotatable bonds is 4. The number of para-hydroxylation sites is 1. The van der Waals surface area contributed by atoms with E-state index in [-0.39, 0.29) is 35.5 Å². The molecule has 4 N–H and O–H groups in total. The number of aromatic nitrogens is 2. The monoisotopic (exact) mass is 622 g/mol. The van der Waals surface area contributed by atoms with Crippen LogP contribution in [0.1, 0.15) is 74.7 Å². The molecule has 2 amide bonds. The first kappa shape index (κ1) is 29.6. The number of amides is 2. The molecule has 3 aliphatic rings. The molecule has 4 bridgehead atoms. The van der Waals surface area contributed by atoms with Crippen molar-refractivity contribution in [2.24, 2.45) is 11.3 Å². The van der Waals surface area contributed by atoms with Crippen molar-refractivity contribution in [2.45, 2.75) is 70.9 Å². The second-order valence-electron chi connectivity index (χ2n) is 13.5. The topological polar surface area (TPSA) is 176 Å². The summed E-state index contributed by atoms with van der Waals surface area (Å²) >= 11 is 0. The summed E-state index contributed by atoms with van der Waals surface area (Å²) in [6.45, 7) is 9.28. The Morgan fingerprint density at radius 2 is 1.93 bits per heavy atom. The molecule has 0 saturated heterocycles. The van der Waals surface area contributed by atoms with E-state index in [1.165, 1.54) is 6.26 Å². The highest BCUT2D eigenvalue weighted by Crippen LogP contribution is 2.59. The first-order chi connectivity index (χ1) is 21.9. The Bertz CT molecular complexity index is 1910. The van der Waals surface area contributed by atoms with Crippen LogP contribution < -0.4 is 20.7 Å². The van der Waals surface area contributed by atoms with E-state index in [0.717, 1.165) is 22.4 Å². The number of carbonyl (C=O) groups excluding carboxylic acids is 2. The number of ether oxygens (including phenoxy) is 1. The maximum Gasteiger partial charge on any atom is 0.250 e. The number of oxazole rings is 2. The normalized spacial score (nSPS) is 23.5. The Hall–Kier alpha value is -5.15. The molecule has 1 unspecified atom stereocenters. The van der Waals surface area contributed by atoms with E-state index in [2.05, 4.69) is 20.9 Å². The average molecular weight is 623 g/mol. The quantitative estimate of drug-likeness (QED) is 0.261. The van der Waals surface area contributed by atoms with Gasteiger partial charge >= 0.3 is 0 Å². The van der Waals surface area contributed by atoms with Crippen molar-refractivity contribution < 1.29 is 28.3 Å². The number of hydrogen-bond acceptors (Lipinski definition) is 10. The summed E-state index contributed by atoms with van der Waals surface area (Å²) in [7, 11) is 0. The molecule has 236 valence electrons. The van der Waals surface area contributed by atoms with Crippen molar-refractivity contribution in [1.82, 2.24) is 20.6 Å². The van der Waals surface area contributed by atoms with Gasteiger partial charge in [0.2, 0.25) is 23.6 Å². The van der Waals surface area contributed by atoms with Gasteiger partial charge in [-0.15, -0.1) is 0 Å². The predicted octanol–water partition coefficient (Wildman–Crippen LogP) is 3.94. The van der Waals surface area contributed by atoms with Crippen LogP contribution in [0, 0.1) is 22.7 Å². The number of carbonyl (C=O) groups is 2. The highest BCUT2D eigenvalue weighted by atomic mass is 16.5. The molecule has 46 heavy (non-hydrogen) atoms. The van der Waals surface area contributed by atoms with Gasteiger partial charge in [-0.3, -0.25) is 9.59 Å². The third-order valence-electron chi connectivity index (χ3n) is 8.94. The van der Waals surface area contributed by atoms with Crippen LogP contribution in [0.2, 0.25) is 0 Å². The molecule has 3 aliphatic heterocycles. The molecule has 5 heterocycles. The maximum absolute atomic E-state index is 14.0. The lowest BCUT2D eigenvalue weighted by Gasteiger charge is -2.32. The van der Waals surface area contributed by atoms with E-state index in [9.17, 15) is 20.0 Å². The van der Waals surface area contributed by atoms with Gasteiger partial charge in [-0.05, 0) is 34.6 Å². The lowest BCUT2D eigenvalue weighted by Crippen LogP contribution is -2.53. The SMILES string of the molecule is CC(C)[C@H](O)C(=O)N[C@H]1Cc2ccc3c(c2)C2(c4ccccc4N[C@H]2O3)c2oc(nc2-c2nc(C#N)co2)[C@H](C(C)(C)C)NC1=O. The number of aliphatic hydroxyl groups excluding tert-OH is 1.